The molecule has 1 unspecified atom stereocenters. The SMILES string of the molecule is COCCCNc1ccnc(N2CCCC(C)C2)n1. The number of aromatic nitrogens is 2. The summed E-state index contributed by atoms with van der Waals surface area (Å²) in [6.07, 6.45) is 5.36. The summed E-state index contributed by atoms with van der Waals surface area (Å²) in [5.41, 5.74) is 0. The Kier molecular flexibility index (Phi) is 5.39. The van der Waals surface area contributed by atoms with Crippen LogP contribution >= 0.6 is 0 Å². The molecular weight excluding hydrogens is 240 g/mol. The number of nitrogens with zero attached hydrogens (tertiary/aromatic N) is 3. The maximum atomic E-state index is 5.03. The van der Waals surface area contributed by atoms with Gasteiger partial charge in [-0.15, -0.1) is 0 Å². The second-order valence-electron chi connectivity index (χ2n) is 5.21. The maximum absolute atomic E-state index is 5.03. The van der Waals surface area contributed by atoms with Crippen molar-refractivity contribution in [3.05, 3.63) is 12.3 Å². The van der Waals surface area contributed by atoms with Crippen LogP contribution in [-0.2, 0) is 4.74 Å². The number of nitrogens with one attached hydrogen (secondary N) is 1. The van der Waals surface area contributed by atoms with Gasteiger partial charge >= 0.3 is 0 Å². The van der Waals surface area contributed by atoms with Crippen molar-refractivity contribution in [1.29, 1.82) is 0 Å². The Morgan fingerprint density at radius 3 is 3.21 bits per heavy atom. The van der Waals surface area contributed by atoms with E-state index in [4.69, 9.17) is 4.74 Å². The number of hydrogen-bond acceptors (Lipinski definition) is 5. The summed E-state index contributed by atoms with van der Waals surface area (Å²) in [4.78, 5) is 11.3. The van der Waals surface area contributed by atoms with Gasteiger partial charge in [0.2, 0.25) is 5.95 Å². The van der Waals surface area contributed by atoms with Crippen molar-refractivity contribution in [3.8, 4) is 0 Å². The summed E-state index contributed by atoms with van der Waals surface area (Å²) in [6.45, 7) is 6.07. The molecule has 5 heteroatoms. The van der Waals surface area contributed by atoms with E-state index in [1.54, 1.807) is 7.11 Å². The molecule has 0 aliphatic carbocycles. The van der Waals surface area contributed by atoms with Crippen LogP contribution in [0.5, 0.6) is 0 Å². The average molecular weight is 264 g/mol. The van der Waals surface area contributed by atoms with E-state index in [9.17, 15) is 0 Å². The third-order valence-corrected chi connectivity index (χ3v) is 3.41. The van der Waals surface area contributed by atoms with Gasteiger partial charge in [-0.3, -0.25) is 0 Å². The molecule has 19 heavy (non-hydrogen) atoms. The predicted octanol–water partition coefficient (Wildman–Crippen LogP) is 2.16. The third kappa shape index (κ3) is 4.35. The van der Waals surface area contributed by atoms with Gasteiger partial charge in [0.25, 0.3) is 0 Å². The van der Waals surface area contributed by atoms with Crippen molar-refractivity contribution < 1.29 is 4.74 Å². The first-order valence-corrected chi connectivity index (χ1v) is 7.10. The van der Waals surface area contributed by atoms with E-state index in [1.165, 1.54) is 12.8 Å². The van der Waals surface area contributed by atoms with Gasteiger partial charge in [-0.2, -0.15) is 4.98 Å². The van der Waals surface area contributed by atoms with Gasteiger partial charge in [-0.1, -0.05) is 6.92 Å². The van der Waals surface area contributed by atoms with Crippen LogP contribution in [0, 0.1) is 5.92 Å². The zero-order valence-electron chi connectivity index (χ0n) is 11.9. The summed E-state index contributed by atoms with van der Waals surface area (Å²) in [5.74, 6) is 2.48. The molecule has 0 aromatic carbocycles. The summed E-state index contributed by atoms with van der Waals surface area (Å²) in [7, 11) is 1.72. The molecule has 0 saturated carbocycles. The van der Waals surface area contributed by atoms with Gasteiger partial charge in [0, 0.05) is 39.5 Å². The molecule has 1 saturated heterocycles. The van der Waals surface area contributed by atoms with Crippen LogP contribution in [-0.4, -0.2) is 43.3 Å². The number of methoxy groups -OCH3 is 1. The molecule has 1 aromatic rings. The van der Waals surface area contributed by atoms with Crippen LogP contribution in [0.4, 0.5) is 11.8 Å². The predicted molar refractivity (Wildman–Crippen MR) is 77.6 cm³/mol. The first kappa shape index (κ1) is 14.1. The van der Waals surface area contributed by atoms with Crippen LogP contribution in [0.2, 0.25) is 0 Å². The van der Waals surface area contributed by atoms with Crippen molar-refractivity contribution in [2.24, 2.45) is 5.92 Å². The molecule has 1 aromatic heterocycles. The molecule has 1 aliphatic heterocycles. The van der Waals surface area contributed by atoms with Gasteiger partial charge in [-0.25, -0.2) is 4.98 Å². The Morgan fingerprint density at radius 2 is 2.42 bits per heavy atom. The van der Waals surface area contributed by atoms with Crippen LogP contribution in [0.25, 0.3) is 0 Å². The van der Waals surface area contributed by atoms with E-state index in [0.717, 1.165) is 50.3 Å². The Balaban J connectivity index is 1.90. The van der Waals surface area contributed by atoms with Gasteiger partial charge in [0.1, 0.15) is 5.82 Å². The van der Waals surface area contributed by atoms with E-state index in [0.29, 0.717) is 0 Å². The molecule has 2 rings (SSSR count). The smallest absolute Gasteiger partial charge is 0.227 e. The lowest BCUT2D eigenvalue weighted by atomic mass is 10.0. The van der Waals surface area contributed by atoms with Gasteiger partial charge in [0.05, 0.1) is 0 Å². The van der Waals surface area contributed by atoms with Crippen molar-refractivity contribution in [2.45, 2.75) is 26.2 Å². The molecule has 1 atom stereocenters. The van der Waals surface area contributed by atoms with Crippen LogP contribution in [0.3, 0.4) is 0 Å². The molecular formula is C14H24N4O. The topological polar surface area (TPSA) is 50.3 Å². The molecule has 1 fully saturated rings. The zero-order valence-corrected chi connectivity index (χ0v) is 11.9. The lowest BCUT2D eigenvalue weighted by Gasteiger charge is -2.30. The van der Waals surface area contributed by atoms with E-state index in [2.05, 4.69) is 27.1 Å². The Labute approximate surface area is 115 Å². The monoisotopic (exact) mass is 264 g/mol. The highest BCUT2D eigenvalue weighted by molar-refractivity contribution is 5.41. The van der Waals surface area contributed by atoms with E-state index >= 15 is 0 Å². The van der Waals surface area contributed by atoms with Gasteiger partial charge < -0.3 is 15.0 Å². The van der Waals surface area contributed by atoms with Crippen LogP contribution < -0.4 is 10.2 Å². The standard InChI is InChI=1S/C14H24N4O/c1-12-5-3-9-18(11-12)14-16-8-6-13(17-14)15-7-4-10-19-2/h6,8,12H,3-5,7,9-11H2,1-2H3,(H,15,16,17). The quantitative estimate of drug-likeness (QED) is 0.798. The van der Waals surface area contributed by atoms with Crippen molar-refractivity contribution >= 4 is 11.8 Å². The molecule has 2 heterocycles. The fourth-order valence-corrected chi connectivity index (χ4v) is 2.40. The van der Waals surface area contributed by atoms with Gasteiger partial charge in [-0.05, 0) is 31.2 Å². The highest BCUT2D eigenvalue weighted by Crippen LogP contribution is 2.20. The first-order chi connectivity index (χ1) is 9.29. The number of anilines is 2. The van der Waals surface area contributed by atoms with Crippen molar-refractivity contribution in [3.63, 3.8) is 0 Å². The van der Waals surface area contributed by atoms with Crippen molar-refractivity contribution in [1.82, 2.24) is 9.97 Å². The van der Waals surface area contributed by atoms with Crippen molar-refractivity contribution in [2.75, 3.05) is 43.6 Å². The number of rotatable bonds is 6. The number of hydrogen-bond donors (Lipinski definition) is 1. The Bertz CT molecular complexity index is 385. The minimum atomic E-state index is 0.732. The highest BCUT2D eigenvalue weighted by Gasteiger charge is 2.18. The number of ether oxygens (including phenoxy) is 1. The average Bonchev–Trinajstić information content (AvgIpc) is 2.44. The van der Waals surface area contributed by atoms with E-state index in [-0.39, 0.29) is 0 Å². The molecule has 1 N–H and O–H groups in total. The molecule has 1 aliphatic rings. The third-order valence-electron chi connectivity index (χ3n) is 3.41. The number of piperidine rings is 1. The van der Waals surface area contributed by atoms with Crippen LogP contribution in [0.15, 0.2) is 12.3 Å². The molecule has 0 bridgehead atoms. The van der Waals surface area contributed by atoms with E-state index in [1.807, 2.05) is 12.3 Å². The molecule has 106 valence electrons. The zero-order chi connectivity index (χ0) is 13.5. The summed E-state index contributed by atoms with van der Waals surface area (Å²) in [6, 6.07) is 1.92. The molecule has 0 radical (unpaired) electrons. The largest absolute Gasteiger partial charge is 0.385 e. The summed E-state index contributed by atoms with van der Waals surface area (Å²) >= 11 is 0. The Morgan fingerprint density at radius 1 is 1.53 bits per heavy atom. The molecule has 0 amide bonds. The Hall–Kier alpha value is -1.36. The second kappa shape index (κ2) is 7.28. The highest BCUT2D eigenvalue weighted by atomic mass is 16.5. The maximum Gasteiger partial charge on any atom is 0.227 e. The fourth-order valence-electron chi connectivity index (χ4n) is 2.40. The van der Waals surface area contributed by atoms with E-state index < -0.39 is 0 Å². The molecule has 0 spiro atoms. The summed E-state index contributed by atoms with van der Waals surface area (Å²) < 4.78 is 5.03. The minimum absolute atomic E-state index is 0.732. The summed E-state index contributed by atoms with van der Waals surface area (Å²) in [5, 5.41) is 3.31. The normalized spacial score (nSPS) is 19.5. The minimum Gasteiger partial charge on any atom is -0.385 e. The lowest BCUT2D eigenvalue weighted by molar-refractivity contribution is 0.198. The fraction of sp³-hybridized carbons (Fsp3) is 0.714. The van der Waals surface area contributed by atoms with Gasteiger partial charge in [0.15, 0.2) is 0 Å². The first-order valence-electron chi connectivity index (χ1n) is 7.10. The molecule has 5 nitrogen and oxygen atoms in total. The second-order valence-corrected chi connectivity index (χ2v) is 5.21. The lowest BCUT2D eigenvalue weighted by Crippen LogP contribution is -2.35. The van der Waals surface area contributed by atoms with Crippen LogP contribution in [0.1, 0.15) is 26.2 Å².